The average molecular weight is 268 g/mol. The van der Waals surface area contributed by atoms with Gasteiger partial charge in [0.05, 0.1) is 18.8 Å². The van der Waals surface area contributed by atoms with Gasteiger partial charge in [-0.1, -0.05) is 44.9 Å². The van der Waals surface area contributed by atoms with Gasteiger partial charge in [-0.3, -0.25) is 4.79 Å². The zero-order chi connectivity index (χ0) is 13.3. The number of epoxide rings is 1. The first-order chi connectivity index (χ1) is 9.36. The lowest BCUT2D eigenvalue weighted by molar-refractivity contribution is -0.143. The molecule has 3 nitrogen and oxygen atoms in total. The first-order valence-electron chi connectivity index (χ1n) is 8.17. The van der Waals surface area contributed by atoms with E-state index >= 15 is 0 Å². The second kappa shape index (κ2) is 8.57. The molecule has 110 valence electrons. The van der Waals surface area contributed by atoms with Crippen molar-refractivity contribution in [1.29, 1.82) is 0 Å². The number of hydrogen-bond donors (Lipinski definition) is 0. The lowest BCUT2D eigenvalue weighted by Gasteiger charge is -2.04. The highest BCUT2D eigenvalue weighted by atomic mass is 16.6. The fraction of sp³-hybridized carbons (Fsp3) is 0.938. The normalized spacial score (nSPS) is 31.9. The van der Waals surface area contributed by atoms with Crippen LogP contribution in [-0.2, 0) is 14.3 Å². The Labute approximate surface area is 117 Å². The molecular formula is C16H28O3. The van der Waals surface area contributed by atoms with Gasteiger partial charge in [0.15, 0.2) is 0 Å². The van der Waals surface area contributed by atoms with Gasteiger partial charge in [0.25, 0.3) is 0 Å². The van der Waals surface area contributed by atoms with Gasteiger partial charge in [-0.05, 0) is 25.7 Å². The Morgan fingerprint density at radius 3 is 2.05 bits per heavy atom. The van der Waals surface area contributed by atoms with E-state index in [-0.39, 0.29) is 5.97 Å². The second-order valence-electron chi connectivity index (χ2n) is 5.94. The van der Waals surface area contributed by atoms with Gasteiger partial charge in [0.1, 0.15) is 0 Å². The third-order valence-corrected chi connectivity index (χ3v) is 4.20. The Hall–Kier alpha value is -0.570. The Morgan fingerprint density at radius 1 is 0.737 bits per heavy atom. The maximum atomic E-state index is 11.4. The third kappa shape index (κ3) is 6.42. The van der Waals surface area contributed by atoms with E-state index in [1.165, 1.54) is 51.4 Å². The number of cyclic esters (lactones) is 1. The largest absolute Gasteiger partial charge is 0.466 e. The number of fused-ring (bicyclic) bond motifs is 1. The van der Waals surface area contributed by atoms with Crippen molar-refractivity contribution >= 4 is 5.97 Å². The number of esters is 1. The van der Waals surface area contributed by atoms with Crippen LogP contribution >= 0.6 is 0 Å². The molecule has 3 heteroatoms. The lowest BCUT2D eigenvalue weighted by Crippen LogP contribution is -2.05. The molecule has 0 amide bonds. The van der Waals surface area contributed by atoms with Gasteiger partial charge in [0, 0.05) is 6.42 Å². The smallest absolute Gasteiger partial charge is 0.305 e. The summed E-state index contributed by atoms with van der Waals surface area (Å²) in [6, 6.07) is 0. The number of ether oxygens (including phenoxy) is 2. The van der Waals surface area contributed by atoms with Crippen molar-refractivity contribution in [2.45, 2.75) is 89.3 Å². The van der Waals surface area contributed by atoms with Crippen LogP contribution in [0.3, 0.4) is 0 Å². The van der Waals surface area contributed by atoms with Gasteiger partial charge in [0.2, 0.25) is 0 Å². The predicted molar refractivity (Wildman–Crippen MR) is 75.0 cm³/mol. The van der Waals surface area contributed by atoms with Gasteiger partial charge >= 0.3 is 5.97 Å². The first kappa shape index (κ1) is 14.8. The molecule has 2 rings (SSSR count). The van der Waals surface area contributed by atoms with E-state index in [0.29, 0.717) is 25.2 Å². The molecular weight excluding hydrogens is 240 g/mol. The molecule has 0 aromatic rings. The van der Waals surface area contributed by atoms with E-state index < -0.39 is 0 Å². The van der Waals surface area contributed by atoms with Crippen molar-refractivity contribution in [3.05, 3.63) is 0 Å². The topological polar surface area (TPSA) is 38.8 Å². The SMILES string of the molecule is O=C1CCCCCCCC2OC2CCCCCCO1. The zero-order valence-electron chi connectivity index (χ0n) is 12.1. The Kier molecular flexibility index (Phi) is 6.69. The zero-order valence-corrected chi connectivity index (χ0v) is 12.1. The maximum absolute atomic E-state index is 11.4. The van der Waals surface area contributed by atoms with Crippen LogP contribution < -0.4 is 0 Å². The fourth-order valence-electron chi connectivity index (χ4n) is 2.89. The van der Waals surface area contributed by atoms with Crippen molar-refractivity contribution in [3.8, 4) is 0 Å². The quantitative estimate of drug-likeness (QED) is 0.492. The van der Waals surface area contributed by atoms with Crippen LogP contribution in [0.15, 0.2) is 0 Å². The van der Waals surface area contributed by atoms with Crippen LogP contribution in [0.1, 0.15) is 77.0 Å². The van der Waals surface area contributed by atoms with Gasteiger partial charge in [-0.2, -0.15) is 0 Å². The predicted octanol–water partition coefficient (Wildman–Crippen LogP) is 3.99. The summed E-state index contributed by atoms with van der Waals surface area (Å²) in [6.45, 7) is 0.612. The highest BCUT2D eigenvalue weighted by Gasteiger charge is 2.36. The van der Waals surface area contributed by atoms with Crippen molar-refractivity contribution in [2.75, 3.05) is 6.61 Å². The average Bonchev–Trinajstić information content (AvgIpc) is 3.14. The van der Waals surface area contributed by atoms with Crippen molar-refractivity contribution in [2.24, 2.45) is 0 Å². The van der Waals surface area contributed by atoms with Crippen LogP contribution in [0.5, 0.6) is 0 Å². The number of carbonyl (C=O) groups excluding carboxylic acids is 1. The van der Waals surface area contributed by atoms with Gasteiger partial charge in [-0.25, -0.2) is 0 Å². The van der Waals surface area contributed by atoms with Crippen molar-refractivity contribution in [3.63, 3.8) is 0 Å². The molecule has 0 aliphatic carbocycles. The minimum absolute atomic E-state index is 0.000962. The molecule has 0 saturated carbocycles. The lowest BCUT2D eigenvalue weighted by atomic mass is 10.0. The maximum Gasteiger partial charge on any atom is 0.305 e. The molecule has 0 radical (unpaired) electrons. The van der Waals surface area contributed by atoms with Crippen LogP contribution in [0.4, 0.5) is 0 Å². The van der Waals surface area contributed by atoms with Crippen LogP contribution in [-0.4, -0.2) is 24.8 Å². The summed E-state index contributed by atoms with van der Waals surface area (Å²) in [4.78, 5) is 11.4. The summed E-state index contributed by atoms with van der Waals surface area (Å²) in [5.74, 6) is -0.000962. The molecule has 0 aromatic carbocycles. The minimum Gasteiger partial charge on any atom is -0.466 e. The Balaban J connectivity index is 1.62. The molecule has 2 fully saturated rings. The van der Waals surface area contributed by atoms with Crippen LogP contribution in [0, 0.1) is 0 Å². The van der Waals surface area contributed by atoms with Gasteiger partial charge in [-0.15, -0.1) is 0 Å². The molecule has 2 aliphatic rings. The second-order valence-corrected chi connectivity index (χ2v) is 5.94. The Morgan fingerprint density at radius 2 is 1.32 bits per heavy atom. The molecule has 19 heavy (non-hydrogen) atoms. The Bertz CT molecular complexity index is 241. The van der Waals surface area contributed by atoms with Crippen molar-refractivity contribution < 1.29 is 14.3 Å². The highest BCUT2D eigenvalue weighted by molar-refractivity contribution is 5.69. The molecule has 2 heterocycles. The molecule has 2 unspecified atom stereocenters. The molecule has 0 bridgehead atoms. The summed E-state index contributed by atoms with van der Waals surface area (Å²) in [5.41, 5.74) is 0. The van der Waals surface area contributed by atoms with E-state index in [2.05, 4.69) is 0 Å². The van der Waals surface area contributed by atoms with Crippen molar-refractivity contribution in [1.82, 2.24) is 0 Å². The molecule has 2 aliphatic heterocycles. The molecule has 2 atom stereocenters. The summed E-state index contributed by atoms with van der Waals surface area (Å²) in [7, 11) is 0. The first-order valence-corrected chi connectivity index (χ1v) is 8.17. The van der Waals surface area contributed by atoms with E-state index in [0.717, 1.165) is 19.3 Å². The molecule has 0 aromatic heterocycles. The highest BCUT2D eigenvalue weighted by Crippen LogP contribution is 2.31. The summed E-state index contributed by atoms with van der Waals surface area (Å²) >= 11 is 0. The van der Waals surface area contributed by atoms with E-state index in [9.17, 15) is 4.79 Å². The van der Waals surface area contributed by atoms with E-state index in [4.69, 9.17) is 9.47 Å². The van der Waals surface area contributed by atoms with Gasteiger partial charge < -0.3 is 9.47 Å². The van der Waals surface area contributed by atoms with E-state index in [1.807, 2.05) is 0 Å². The number of hydrogen-bond acceptors (Lipinski definition) is 3. The standard InChI is InChI=1S/C16H28O3/c17-16-12-8-3-1-2-6-10-14-15(19-14)11-7-4-5-9-13-18-16/h14-15H,1-13H2. The minimum atomic E-state index is -0.000962. The number of carbonyl (C=O) groups is 1. The molecule has 2 saturated heterocycles. The summed E-state index contributed by atoms with van der Waals surface area (Å²) in [5, 5.41) is 0. The molecule has 0 N–H and O–H groups in total. The van der Waals surface area contributed by atoms with Crippen LogP contribution in [0.25, 0.3) is 0 Å². The molecule has 0 spiro atoms. The third-order valence-electron chi connectivity index (χ3n) is 4.20. The van der Waals surface area contributed by atoms with Crippen LogP contribution in [0.2, 0.25) is 0 Å². The summed E-state index contributed by atoms with van der Waals surface area (Å²) < 4.78 is 10.9. The van der Waals surface area contributed by atoms with E-state index in [1.54, 1.807) is 0 Å². The fourth-order valence-corrected chi connectivity index (χ4v) is 2.89. The summed E-state index contributed by atoms with van der Waals surface area (Å²) in [6.07, 6.45) is 14.8. The monoisotopic (exact) mass is 268 g/mol. The number of rotatable bonds is 0.